The molecule has 0 radical (unpaired) electrons. The summed E-state index contributed by atoms with van der Waals surface area (Å²) in [4.78, 5) is 15.9. The predicted octanol–water partition coefficient (Wildman–Crippen LogP) is 5.86. The molecule has 1 saturated heterocycles. The van der Waals surface area contributed by atoms with Gasteiger partial charge in [0.15, 0.2) is 9.84 Å². The number of pyridine rings is 1. The molecule has 6 heteroatoms. The summed E-state index contributed by atoms with van der Waals surface area (Å²) in [6.45, 7) is 6.86. The van der Waals surface area contributed by atoms with Crippen LogP contribution < -0.4 is 5.56 Å². The van der Waals surface area contributed by atoms with Gasteiger partial charge in [0.1, 0.15) is 0 Å². The van der Waals surface area contributed by atoms with Crippen LogP contribution >= 0.6 is 0 Å². The van der Waals surface area contributed by atoms with Gasteiger partial charge in [-0.15, -0.1) is 0 Å². The molecule has 0 aliphatic carbocycles. The molecule has 5 rings (SSSR count). The van der Waals surface area contributed by atoms with Gasteiger partial charge in [-0.05, 0) is 104 Å². The summed E-state index contributed by atoms with van der Waals surface area (Å²) in [5, 5.41) is 0.965. The van der Waals surface area contributed by atoms with E-state index in [1.54, 1.807) is 35.9 Å². The molecule has 0 spiro atoms. The first-order chi connectivity index (χ1) is 17.6. The van der Waals surface area contributed by atoms with Crippen LogP contribution in [0, 0.1) is 0 Å². The number of likely N-dealkylation sites (tertiary alicyclic amines) is 1. The van der Waals surface area contributed by atoms with Crippen LogP contribution in [0.4, 0.5) is 0 Å². The fourth-order valence-electron chi connectivity index (χ4n) is 5.45. The smallest absolute Gasteiger partial charge is 0.258 e. The van der Waals surface area contributed by atoms with Crippen molar-refractivity contribution < 1.29 is 8.42 Å². The van der Waals surface area contributed by atoms with Crippen molar-refractivity contribution >= 4 is 20.7 Å². The average molecular weight is 515 g/mol. The van der Waals surface area contributed by atoms with Crippen LogP contribution in [-0.4, -0.2) is 43.3 Å². The van der Waals surface area contributed by atoms with Crippen molar-refractivity contribution in [2.24, 2.45) is 7.05 Å². The number of nitrogens with zero attached hydrogens (tertiary/aromatic N) is 2. The average Bonchev–Trinajstić information content (AvgIpc) is 2.90. The number of hydrogen-bond acceptors (Lipinski definition) is 4. The van der Waals surface area contributed by atoms with Crippen molar-refractivity contribution in [2.75, 3.05) is 19.3 Å². The Balaban J connectivity index is 1.45. The highest BCUT2D eigenvalue weighted by molar-refractivity contribution is 7.90. The van der Waals surface area contributed by atoms with Gasteiger partial charge in [0, 0.05) is 24.9 Å². The molecule has 3 aromatic carbocycles. The highest BCUT2D eigenvalue weighted by Crippen LogP contribution is 2.32. The Morgan fingerprint density at radius 3 is 2.00 bits per heavy atom. The van der Waals surface area contributed by atoms with Crippen LogP contribution in [0.15, 0.2) is 82.5 Å². The zero-order chi connectivity index (χ0) is 26.3. The summed E-state index contributed by atoms with van der Waals surface area (Å²) in [6.07, 6.45) is 3.59. The monoisotopic (exact) mass is 514 g/mol. The van der Waals surface area contributed by atoms with Crippen LogP contribution in [0.25, 0.3) is 33.2 Å². The topological polar surface area (TPSA) is 59.4 Å². The highest BCUT2D eigenvalue weighted by atomic mass is 32.2. The molecule has 192 valence electrons. The Hall–Kier alpha value is -3.22. The van der Waals surface area contributed by atoms with Gasteiger partial charge in [-0.2, -0.15) is 0 Å². The molecule has 5 nitrogen and oxygen atoms in total. The number of benzene rings is 3. The molecule has 0 saturated carbocycles. The van der Waals surface area contributed by atoms with E-state index < -0.39 is 9.84 Å². The number of aromatic nitrogens is 1. The van der Waals surface area contributed by atoms with E-state index >= 15 is 0 Å². The Labute approximate surface area is 219 Å². The maximum atomic E-state index is 13.1. The fourth-order valence-corrected chi connectivity index (χ4v) is 6.08. The normalized spacial score (nSPS) is 15.5. The van der Waals surface area contributed by atoms with Gasteiger partial charge in [-0.25, -0.2) is 8.42 Å². The van der Waals surface area contributed by atoms with E-state index in [9.17, 15) is 13.2 Å². The van der Waals surface area contributed by atoms with Crippen LogP contribution in [0.3, 0.4) is 0 Å². The van der Waals surface area contributed by atoms with E-state index in [0.717, 1.165) is 35.1 Å². The van der Waals surface area contributed by atoms with Gasteiger partial charge < -0.3 is 9.47 Å². The van der Waals surface area contributed by atoms with Gasteiger partial charge in [0.25, 0.3) is 5.56 Å². The summed E-state index contributed by atoms with van der Waals surface area (Å²) in [7, 11) is -1.52. The van der Waals surface area contributed by atoms with Crippen molar-refractivity contribution in [3.63, 3.8) is 0 Å². The van der Waals surface area contributed by atoms with Crippen molar-refractivity contribution in [3.05, 3.63) is 88.7 Å². The first-order valence-electron chi connectivity index (χ1n) is 12.9. The maximum Gasteiger partial charge on any atom is 0.258 e. The van der Waals surface area contributed by atoms with E-state index in [1.165, 1.54) is 24.7 Å². The van der Waals surface area contributed by atoms with Crippen molar-refractivity contribution in [1.29, 1.82) is 0 Å². The van der Waals surface area contributed by atoms with Crippen molar-refractivity contribution in [3.8, 4) is 22.3 Å². The summed E-state index contributed by atoms with van der Waals surface area (Å²) in [5.74, 6) is 0.617. The van der Waals surface area contributed by atoms with Gasteiger partial charge in [-0.3, -0.25) is 4.79 Å². The molecule has 37 heavy (non-hydrogen) atoms. The summed E-state index contributed by atoms with van der Waals surface area (Å²) in [5.41, 5.74) is 5.67. The quantitative estimate of drug-likeness (QED) is 0.335. The van der Waals surface area contributed by atoms with Crippen LogP contribution in [-0.2, 0) is 16.9 Å². The van der Waals surface area contributed by atoms with E-state index in [4.69, 9.17) is 0 Å². The fraction of sp³-hybridized carbons (Fsp3) is 0.323. The molecular formula is C31H34N2O3S. The second-order valence-corrected chi connectivity index (χ2v) is 12.5. The number of aryl methyl sites for hydroxylation is 1. The zero-order valence-electron chi connectivity index (χ0n) is 21.9. The van der Waals surface area contributed by atoms with E-state index in [2.05, 4.69) is 55.1 Å². The highest BCUT2D eigenvalue weighted by Gasteiger charge is 2.22. The standard InChI is InChI=1S/C31H34N2O3S/c1-21(2)33-17-15-24(16-18-33)22-5-7-23(8-6-22)26-11-14-30-27(19-26)20-29(31(34)32(30)3)25-9-12-28(13-10-25)37(4,35)36/h5-14,19-21,24H,15-18H2,1-4H3. The molecular weight excluding hydrogens is 480 g/mol. The Morgan fingerprint density at radius 2 is 1.41 bits per heavy atom. The molecule has 4 aromatic rings. The molecule has 1 aliphatic heterocycles. The van der Waals surface area contributed by atoms with Gasteiger partial charge in [-0.1, -0.05) is 42.5 Å². The molecule has 0 amide bonds. The molecule has 1 aromatic heterocycles. The van der Waals surface area contributed by atoms with Gasteiger partial charge in [0.05, 0.1) is 10.4 Å². The Bertz CT molecular complexity index is 1590. The number of rotatable bonds is 5. The molecule has 0 N–H and O–H groups in total. The lowest BCUT2D eigenvalue weighted by molar-refractivity contribution is 0.172. The molecule has 0 atom stereocenters. The second-order valence-electron chi connectivity index (χ2n) is 10.5. The molecule has 1 fully saturated rings. The minimum atomic E-state index is -3.29. The summed E-state index contributed by atoms with van der Waals surface area (Å²) in [6, 6.07) is 24.2. The molecule has 0 unspecified atom stereocenters. The molecule has 1 aliphatic rings. The number of sulfone groups is 1. The molecule has 2 heterocycles. The van der Waals surface area contributed by atoms with Gasteiger partial charge >= 0.3 is 0 Å². The number of hydrogen-bond donors (Lipinski definition) is 0. The largest absolute Gasteiger partial charge is 0.311 e. The summed E-state index contributed by atoms with van der Waals surface area (Å²) < 4.78 is 25.3. The second kappa shape index (κ2) is 9.92. The third-order valence-corrected chi connectivity index (χ3v) is 8.92. The Kier molecular flexibility index (Phi) is 6.82. The van der Waals surface area contributed by atoms with E-state index in [-0.39, 0.29) is 10.5 Å². The number of piperidine rings is 1. The van der Waals surface area contributed by atoms with E-state index in [0.29, 0.717) is 23.1 Å². The van der Waals surface area contributed by atoms with Crippen molar-refractivity contribution in [2.45, 2.75) is 43.5 Å². The lowest BCUT2D eigenvalue weighted by atomic mass is 9.88. The van der Waals surface area contributed by atoms with Crippen LogP contribution in [0.5, 0.6) is 0 Å². The first-order valence-corrected chi connectivity index (χ1v) is 14.8. The number of fused-ring (bicyclic) bond motifs is 1. The van der Waals surface area contributed by atoms with Crippen LogP contribution in [0.2, 0.25) is 0 Å². The SMILES string of the molecule is CC(C)N1CCC(c2ccc(-c3ccc4c(c3)cc(-c3ccc(S(C)(=O)=O)cc3)c(=O)n4C)cc2)CC1. The minimum Gasteiger partial charge on any atom is -0.311 e. The minimum absolute atomic E-state index is 0.111. The predicted molar refractivity (Wildman–Crippen MR) is 152 cm³/mol. The zero-order valence-corrected chi connectivity index (χ0v) is 22.8. The van der Waals surface area contributed by atoms with E-state index in [1.807, 2.05) is 12.1 Å². The van der Waals surface area contributed by atoms with Crippen LogP contribution in [0.1, 0.15) is 38.2 Å². The molecule has 0 bridgehead atoms. The van der Waals surface area contributed by atoms with Gasteiger partial charge in [0.2, 0.25) is 0 Å². The lowest BCUT2D eigenvalue weighted by Crippen LogP contribution is -2.37. The third kappa shape index (κ3) is 5.13. The Morgan fingerprint density at radius 1 is 0.811 bits per heavy atom. The summed E-state index contributed by atoms with van der Waals surface area (Å²) >= 11 is 0. The maximum absolute atomic E-state index is 13.1. The first kappa shape index (κ1) is 25.4. The third-order valence-electron chi connectivity index (χ3n) is 7.79. The lowest BCUT2D eigenvalue weighted by Gasteiger charge is -2.34. The van der Waals surface area contributed by atoms with Crippen molar-refractivity contribution in [1.82, 2.24) is 9.47 Å².